The van der Waals surface area contributed by atoms with E-state index in [-0.39, 0.29) is 18.4 Å². The highest BCUT2D eigenvalue weighted by Gasteiger charge is 2.43. The Morgan fingerprint density at radius 1 is 1.21 bits per heavy atom. The highest BCUT2D eigenvalue weighted by atomic mass is 32.1. The van der Waals surface area contributed by atoms with E-state index in [1.807, 2.05) is 35.2 Å². The Morgan fingerprint density at radius 3 is 2.55 bits per heavy atom. The van der Waals surface area contributed by atoms with E-state index in [0.717, 1.165) is 36.6 Å². The molecular weight excluding hydrogens is 502 g/mol. The number of hydrogen-bond donors (Lipinski definition) is 1. The normalized spacial score (nSPS) is 15.1. The van der Waals surface area contributed by atoms with Crippen LogP contribution in [0.1, 0.15) is 58.5 Å². The van der Waals surface area contributed by atoms with Crippen molar-refractivity contribution in [3.05, 3.63) is 28.7 Å². The Balaban J connectivity index is 1.43. The number of anilines is 2. The Hall–Kier alpha value is -3.98. The first-order valence-corrected chi connectivity index (χ1v) is 13.7. The van der Waals surface area contributed by atoms with Crippen LogP contribution < -0.4 is 5.32 Å². The summed E-state index contributed by atoms with van der Waals surface area (Å²) in [6.45, 7) is 4.40. The van der Waals surface area contributed by atoms with Crippen molar-refractivity contribution in [2.45, 2.75) is 58.2 Å². The molecule has 196 valence electrons. The molecule has 0 spiro atoms. The fraction of sp³-hybridized carbons (Fsp3) is 0.462. The smallest absolute Gasteiger partial charge is 0.271 e. The quantitative estimate of drug-likeness (QED) is 0.343. The van der Waals surface area contributed by atoms with Gasteiger partial charge in [-0.05, 0) is 45.6 Å². The van der Waals surface area contributed by atoms with E-state index in [0.29, 0.717) is 57.0 Å². The SMILES string of the molecule is CCn1c(C(=O)N(C2CC2)C2CC2)cc2c3c(ncn3C)c(Nc3nc(C)c(C(=O)N(C)CC#N)s3)nc21. The third kappa shape index (κ3) is 3.98. The van der Waals surface area contributed by atoms with Gasteiger partial charge in [0.25, 0.3) is 11.8 Å². The minimum absolute atomic E-state index is 0.000299. The molecule has 2 amide bonds. The number of nitriles is 1. The molecule has 12 heteroatoms. The molecule has 11 nitrogen and oxygen atoms in total. The van der Waals surface area contributed by atoms with E-state index in [9.17, 15) is 9.59 Å². The van der Waals surface area contributed by atoms with Gasteiger partial charge in [0.1, 0.15) is 28.3 Å². The number of carbonyl (C=O) groups is 2. The van der Waals surface area contributed by atoms with Crippen molar-refractivity contribution in [1.82, 2.24) is 33.9 Å². The maximum atomic E-state index is 13.8. The third-order valence-corrected chi connectivity index (χ3v) is 8.28. The zero-order valence-electron chi connectivity index (χ0n) is 21.9. The first kappa shape index (κ1) is 24.4. The predicted molar refractivity (Wildman–Crippen MR) is 145 cm³/mol. The lowest BCUT2D eigenvalue weighted by Gasteiger charge is -2.22. The van der Waals surface area contributed by atoms with Gasteiger partial charge in [0.05, 0.1) is 23.6 Å². The lowest BCUT2D eigenvalue weighted by molar-refractivity contribution is 0.0718. The van der Waals surface area contributed by atoms with Crippen molar-refractivity contribution in [2.24, 2.45) is 7.05 Å². The number of thiazole rings is 1. The topological polar surface area (TPSA) is 125 Å². The third-order valence-electron chi connectivity index (χ3n) is 7.22. The molecule has 0 aromatic carbocycles. The maximum absolute atomic E-state index is 13.8. The molecule has 6 rings (SSSR count). The van der Waals surface area contributed by atoms with Crippen LogP contribution in [0.5, 0.6) is 0 Å². The fourth-order valence-corrected chi connectivity index (χ4v) is 6.03. The number of pyridine rings is 1. The summed E-state index contributed by atoms with van der Waals surface area (Å²) in [6.07, 6.45) is 6.06. The van der Waals surface area contributed by atoms with Crippen LogP contribution in [0.2, 0.25) is 0 Å². The molecule has 0 saturated heterocycles. The van der Waals surface area contributed by atoms with E-state index in [4.69, 9.17) is 10.2 Å². The molecule has 2 aliphatic rings. The number of amides is 2. The molecule has 0 bridgehead atoms. The Bertz CT molecular complexity index is 1620. The number of fused-ring (bicyclic) bond motifs is 3. The molecule has 4 aromatic rings. The van der Waals surface area contributed by atoms with Crippen LogP contribution in [0.4, 0.5) is 10.9 Å². The van der Waals surface area contributed by atoms with Gasteiger partial charge in [0, 0.05) is 38.1 Å². The number of imidazole rings is 1. The molecular formula is C26H29N9O2S. The highest BCUT2D eigenvalue weighted by molar-refractivity contribution is 7.17. The molecule has 0 unspecified atom stereocenters. The van der Waals surface area contributed by atoms with Gasteiger partial charge in [-0.2, -0.15) is 5.26 Å². The van der Waals surface area contributed by atoms with Crippen molar-refractivity contribution in [3.63, 3.8) is 0 Å². The lowest BCUT2D eigenvalue weighted by atomic mass is 10.2. The molecule has 0 atom stereocenters. The molecule has 0 aliphatic heterocycles. The van der Waals surface area contributed by atoms with Gasteiger partial charge in [0.2, 0.25) is 0 Å². The fourth-order valence-electron chi connectivity index (χ4n) is 5.07. The van der Waals surface area contributed by atoms with Crippen LogP contribution >= 0.6 is 11.3 Å². The molecule has 2 saturated carbocycles. The molecule has 0 radical (unpaired) electrons. The van der Waals surface area contributed by atoms with E-state index < -0.39 is 0 Å². The van der Waals surface area contributed by atoms with Gasteiger partial charge in [-0.15, -0.1) is 0 Å². The minimum Gasteiger partial charge on any atom is -0.333 e. The van der Waals surface area contributed by atoms with Crippen molar-refractivity contribution in [3.8, 4) is 6.07 Å². The van der Waals surface area contributed by atoms with Gasteiger partial charge in [-0.25, -0.2) is 15.0 Å². The standard InChI is InChI=1S/C26H29N9O2S/c1-5-34-18(24(36)35(15-6-7-15)16-8-9-16)12-17-20-19(28-13-33(20)4)22(30-23(17)34)31-26-29-14(2)21(38-26)25(37)32(3)11-10-27/h12-13,15-16H,5-9,11H2,1-4H3,(H,29,30,31). The van der Waals surface area contributed by atoms with Crippen molar-refractivity contribution < 1.29 is 9.59 Å². The summed E-state index contributed by atoms with van der Waals surface area (Å²) in [5.74, 6) is 0.346. The van der Waals surface area contributed by atoms with E-state index in [1.54, 1.807) is 20.3 Å². The van der Waals surface area contributed by atoms with Crippen molar-refractivity contribution >= 4 is 56.2 Å². The van der Waals surface area contributed by atoms with Crippen molar-refractivity contribution in [2.75, 3.05) is 18.9 Å². The number of aryl methyl sites for hydroxylation is 3. The second kappa shape index (κ2) is 9.09. The average molecular weight is 532 g/mol. The van der Waals surface area contributed by atoms with Gasteiger partial charge < -0.3 is 24.3 Å². The van der Waals surface area contributed by atoms with E-state index in [2.05, 4.69) is 20.2 Å². The van der Waals surface area contributed by atoms with Gasteiger partial charge in [0.15, 0.2) is 10.9 Å². The summed E-state index contributed by atoms with van der Waals surface area (Å²) >= 11 is 1.22. The molecule has 4 aromatic heterocycles. The highest BCUT2D eigenvalue weighted by Crippen LogP contribution is 2.40. The first-order chi connectivity index (χ1) is 18.3. The zero-order chi connectivity index (χ0) is 26.7. The number of aromatic nitrogens is 5. The maximum Gasteiger partial charge on any atom is 0.271 e. The molecule has 1 N–H and O–H groups in total. The van der Waals surface area contributed by atoms with Crippen LogP contribution in [0.25, 0.3) is 22.1 Å². The summed E-state index contributed by atoms with van der Waals surface area (Å²) in [5.41, 5.74) is 3.49. The van der Waals surface area contributed by atoms with Crippen LogP contribution in [0, 0.1) is 18.3 Å². The van der Waals surface area contributed by atoms with Crippen LogP contribution in [-0.2, 0) is 13.6 Å². The zero-order valence-corrected chi connectivity index (χ0v) is 22.7. The monoisotopic (exact) mass is 531 g/mol. The average Bonchev–Trinajstić information content (AvgIpc) is 3.81. The summed E-state index contributed by atoms with van der Waals surface area (Å²) in [7, 11) is 3.52. The number of carbonyl (C=O) groups excluding carboxylic acids is 2. The largest absolute Gasteiger partial charge is 0.333 e. The van der Waals surface area contributed by atoms with Gasteiger partial charge in [-0.3, -0.25) is 9.59 Å². The van der Waals surface area contributed by atoms with Crippen LogP contribution in [0.3, 0.4) is 0 Å². The molecule has 2 aliphatic carbocycles. The Morgan fingerprint density at radius 2 is 1.92 bits per heavy atom. The van der Waals surface area contributed by atoms with Gasteiger partial charge >= 0.3 is 0 Å². The summed E-state index contributed by atoms with van der Waals surface area (Å²) < 4.78 is 3.93. The lowest BCUT2D eigenvalue weighted by Crippen LogP contribution is -2.36. The summed E-state index contributed by atoms with van der Waals surface area (Å²) in [6, 6.07) is 4.68. The Kier molecular flexibility index (Phi) is 5.83. The van der Waals surface area contributed by atoms with Crippen LogP contribution in [-0.4, -0.2) is 71.4 Å². The minimum atomic E-state index is -0.250. The molecule has 4 heterocycles. The number of nitrogens with zero attached hydrogens (tertiary/aromatic N) is 8. The first-order valence-electron chi connectivity index (χ1n) is 12.9. The second-order valence-corrected chi connectivity index (χ2v) is 11.1. The molecule has 2 fully saturated rings. The second-order valence-electron chi connectivity index (χ2n) is 10.1. The number of hydrogen-bond acceptors (Lipinski definition) is 8. The van der Waals surface area contributed by atoms with E-state index >= 15 is 0 Å². The van der Waals surface area contributed by atoms with E-state index in [1.165, 1.54) is 16.2 Å². The number of rotatable bonds is 8. The van der Waals surface area contributed by atoms with Crippen LogP contribution in [0.15, 0.2) is 12.4 Å². The predicted octanol–water partition coefficient (Wildman–Crippen LogP) is 3.81. The Labute approximate surface area is 223 Å². The van der Waals surface area contributed by atoms with Gasteiger partial charge in [-0.1, -0.05) is 11.3 Å². The van der Waals surface area contributed by atoms with Crippen molar-refractivity contribution in [1.29, 1.82) is 5.26 Å². The molecule has 38 heavy (non-hydrogen) atoms. The number of nitrogens with one attached hydrogen (secondary N) is 1. The summed E-state index contributed by atoms with van der Waals surface area (Å²) in [4.78, 5) is 44.6. The summed E-state index contributed by atoms with van der Waals surface area (Å²) in [5, 5.41) is 13.6.